The van der Waals surface area contributed by atoms with E-state index >= 15 is 0 Å². The number of carbonyl (C=O) groups is 1. The molecule has 1 amide bonds. The third-order valence-corrected chi connectivity index (χ3v) is 5.68. The fourth-order valence-corrected chi connectivity index (χ4v) is 4.12. The second-order valence-corrected chi connectivity index (χ2v) is 7.53. The Bertz CT molecular complexity index is 873. The van der Waals surface area contributed by atoms with Gasteiger partial charge in [-0.15, -0.1) is 11.3 Å². The summed E-state index contributed by atoms with van der Waals surface area (Å²) >= 11 is 1.57. The van der Waals surface area contributed by atoms with Crippen molar-refractivity contribution in [2.24, 2.45) is 0 Å². The second-order valence-electron chi connectivity index (χ2n) is 6.58. The third-order valence-electron chi connectivity index (χ3n) is 4.81. The molecule has 134 valence electrons. The van der Waals surface area contributed by atoms with Crippen LogP contribution in [0.3, 0.4) is 0 Å². The number of aryl methyl sites for hydroxylation is 2. The van der Waals surface area contributed by atoms with E-state index in [2.05, 4.69) is 39.7 Å². The average Bonchev–Trinajstić information content (AvgIpc) is 3.36. The molecule has 3 aromatic rings. The van der Waals surface area contributed by atoms with Crippen molar-refractivity contribution in [3.8, 4) is 10.7 Å². The van der Waals surface area contributed by atoms with Crippen LogP contribution in [0.4, 0.5) is 0 Å². The Labute approximate surface area is 156 Å². The predicted molar refractivity (Wildman–Crippen MR) is 101 cm³/mol. The van der Waals surface area contributed by atoms with Gasteiger partial charge >= 0.3 is 0 Å². The number of hydrogen-bond acceptors (Lipinski definition) is 5. The van der Waals surface area contributed by atoms with Crippen molar-refractivity contribution in [3.05, 3.63) is 58.8 Å². The summed E-state index contributed by atoms with van der Waals surface area (Å²) < 4.78 is 5.25. The topological polar surface area (TPSA) is 68.0 Å². The van der Waals surface area contributed by atoms with E-state index in [1.165, 1.54) is 17.5 Å². The SMILES string of the molecule is O=C(CCc1nc(-c2cccs2)no1)NCC1CCCc2ccccc21. The van der Waals surface area contributed by atoms with Crippen LogP contribution in [0.25, 0.3) is 10.7 Å². The molecule has 5 nitrogen and oxygen atoms in total. The number of carbonyl (C=O) groups excluding carboxylic acids is 1. The molecule has 1 atom stereocenters. The number of thiophene rings is 1. The zero-order valence-electron chi connectivity index (χ0n) is 14.5. The maximum Gasteiger partial charge on any atom is 0.227 e. The molecule has 26 heavy (non-hydrogen) atoms. The average molecular weight is 367 g/mol. The quantitative estimate of drug-likeness (QED) is 0.716. The van der Waals surface area contributed by atoms with Gasteiger partial charge in [-0.3, -0.25) is 4.79 Å². The van der Waals surface area contributed by atoms with Gasteiger partial charge in [0.2, 0.25) is 17.6 Å². The van der Waals surface area contributed by atoms with Gasteiger partial charge in [-0.05, 0) is 41.8 Å². The fraction of sp³-hybridized carbons (Fsp3) is 0.350. The third kappa shape index (κ3) is 3.85. The van der Waals surface area contributed by atoms with Crippen molar-refractivity contribution in [2.75, 3.05) is 6.54 Å². The number of nitrogens with one attached hydrogen (secondary N) is 1. The molecule has 2 aromatic heterocycles. The van der Waals surface area contributed by atoms with Gasteiger partial charge in [-0.25, -0.2) is 0 Å². The van der Waals surface area contributed by atoms with Crippen LogP contribution in [0.1, 0.15) is 42.2 Å². The fourth-order valence-electron chi connectivity index (χ4n) is 3.47. The first-order valence-electron chi connectivity index (χ1n) is 9.00. The monoisotopic (exact) mass is 367 g/mol. The molecule has 1 unspecified atom stereocenters. The van der Waals surface area contributed by atoms with E-state index in [0.29, 0.717) is 37.0 Å². The molecule has 0 aliphatic heterocycles. The van der Waals surface area contributed by atoms with Crippen molar-refractivity contribution in [2.45, 2.75) is 38.0 Å². The largest absolute Gasteiger partial charge is 0.355 e. The van der Waals surface area contributed by atoms with Gasteiger partial charge in [-0.2, -0.15) is 4.98 Å². The number of benzene rings is 1. The van der Waals surface area contributed by atoms with Gasteiger partial charge in [0, 0.05) is 25.3 Å². The molecule has 2 heterocycles. The van der Waals surface area contributed by atoms with Crippen LogP contribution in [0.15, 0.2) is 46.3 Å². The van der Waals surface area contributed by atoms with Gasteiger partial charge in [0.1, 0.15) is 0 Å². The summed E-state index contributed by atoms with van der Waals surface area (Å²) in [4.78, 5) is 17.5. The van der Waals surface area contributed by atoms with E-state index in [1.807, 2.05) is 17.5 Å². The molecule has 1 aliphatic rings. The highest BCUT2D eigenvalue weighted by Crippen LogP contribution is 2.30. The molecular weight excluding hydrogens is 346 g/mol. The first-order valence-corrected chi connectivity index (χ1v) is 9.88. The van der Waals surface area contributed by atoms with Crippen molar-refractivity contribution >= 4 is 17.2 Å². The Hall–Kier alpha value is -2.47. The lowest BCUT2D eigenvalue weighted by molar-refractivity contribution is -0.121. The summed E-state index contributed by atoms with van der Waals surface area (Å²) in [5, 5.41) is 9.02. The second kappa shape index (κ2) is 7.83. The Morgan fingerprint density at radius 3 is 3.08 bits per heavy atom. The number of nitrogens with zero attached hydrogens (tertiary/aromatic N) is 2. The highest BCUT2D eigenvalue weighted by Gasteiger charge is 2.20. The number of hydrogen-bond donors (Lipinski definition) is 1. The highest BCUT2D eigenvalue weighted by atomic mass is 32.1. The van der Waals surface area contributed by atoms with Crippen LogP contribution in [0.2, 0.25) is 0 Å². The smallest absolute Gasteiger partial charge is 0.227 e. The normalized spacial score (nSPS) is 16.2. The van der Waals surface area contributed by atoms with Crippen LogP contribution in [0, 0.1) is 0 Å². The van der Waals surface area contributed by atoms with Gasteiger partial charge in [0.05, 0.1) is 4.88 Å². The van der Waals surface area contributed by atoms with E-state index in [1.54, 1.807) is 11.3 Å². The zero-order chi connectivity index (χ0) is 17.8. The number of fused-ring (bicyclic) bond motifs is 1. The van der Waals surface area contributed by atoms with Crippen LogP contribution in [-0.4, -0.2) is 22.6 Å². The summed E-state index contributed by atoms with van der Waals surface area (Å²) in [5.41, 5.74) is 2.81. The minimum absolute atomic E-state index is 0.0314. The molecule has 4 rings (SSSR count). The van der Waals surface area contributed by atoms with Crippen LogP contribution in [-0.2, 0) is 17.6 Å². The minimum Gasteiger partial charge on any atom is -0.355 e. The van der Waals surface area contributed by atoms with Crippen molar-refractivity contribution in [1.29, 1.82) is 0 Å². The Morgan fingerprint density at radius 2 is 2.19 bits per heavy atom. The molecule has 1 aliphatic carbocycles. The minimum atomic E-state index is 0.0314. The van der Waals surface area contributed by atoms with Gasteiger partial charge < -0.3 is 9.84 Å². The molecule has 0 bridgehead atoms. The standard InChI is InChI=1S/C20H21N3O2S/c24-18(10-11-19-22-20(23-25-19)17-9-4-12-26-17)21-13-15-7-3-6-14-5-1-2-8-16(14)15/h1-2,4-5,8-9,12,15H,3,6-7,10-11,13H2,(H,21,24). The van der Waals surface area contributed by atoms with Crippen molar-refractivity contribution < 1.29 is 9.32 Å². The summed E-state index contributed by atoms with van der Waals surface area (Å²) in [6.07, 6.45) is 4.28. The molecule has 1 N–H and O–H groups in total. The molecule has 0 fully saturated rings. The molecule has 0 spiro atoms. The molecule has 0 saturated carbocycles. The Kier molecular flexibility index (Phi) is 5.11. The molecule has 6 heteroatoms. The first-order chi connectivity index (χ1) is 12.8. The van der Waals surface area contributed by atoms with Crippen LogP contribution < -0.4 is 5.32 Å². The Balaban J connectivity index is 1.28. The first kappa shape index (κ1) is 17.0. The van der Waals surface area contributed by atoms with E-state index in [-0.39, 0.29) is 5.91 Å². The lowest BCUT2D eigenvalue weighted by Crippen LogP contribution is -2.30. The van der Waals surface area contributed by atoms with E-state index in [4.69, 9.17) is 4.52 Å². The maximum atomic E-state index is 12.2. The summed E-state index contributed by atoms with van der Waals surface area (Å²) in [7, 11) is 0. The van der Waals surface area contributed by atoms with Crippen LogP contribution >= 0.6 is 11.3 Å². The maximum absolute atomic E-state index is 12.2. The lowest BCUT2D eigenvalue weighted by atomic mass is 9.83. The summed E-state index contributed by atoms with van der Waals surface area (Å²) in [5.74, 6) is 1.54. The van der Waals surface area contributed by atoms with E-state index < -0.39 is 0 Å². The number of amides is 1. The number of aromatic nitrogens is 2. The number of rotatable bonds is 6. The summed E-state index contributed by atoms with van der Waals surface area (Å²) in [6, 6.07) is 12.5. The van der Waals surface area contributed by atoms with Crippen molar-refractivity contribution in [3.63, 3.8) is 0 Å². The van der Waals surface area contributed by atoms with E-state index in [9.17, 15) is 4.79 Å². The molecular formula is C20H21N3O2S. The van der Waals surface area contributed by atoms with Crippen LogP contribution in [0.5, 0.6) is 0 Å². The van der Waals surface area contributed by atoms with Crippen molar-refractivity contribution in [1.82, 2.24) is 15.5 Å². The summed E-state index contributed by atoms with van der Waals surface area (Å²) in [6.45, 7) is 0.695. The highest BCUT2D eigenvalue weighted by molar-refractivity contribution is 7.13. The predicted octanol–water partition coefficient (Wildman–Crippen LogP) is 3.97. The molecule has 0 radical (unpaired) electrons. The Morgan fingerprint density at radius 1 is 1.27 bits per heavy atom. The zero-order valence-corrected chi connectivity index (χ0v) is 15.3. The molecule has 0 saturated heterocycles. The van der Waals surface area contributed by atoms with Gasteiger partial charge in [0.25, 0.3) is 0 Å². The lowest BCUT2D eigenvalue weighted by Gasteiger charge is -2.25. The van der Waals surface area contributed by atoms with Gasteiger partial charge in [0.15, 0.2) is 0 Å². The van der Waals surface area contributed by atoms with Gasteiger partial charge in [-0.1, -0.05) is 35.5 Å². The van der Waals surface area contributed by atoms with E-state index in [0.717, 1.165) is 17.7 Å². The molecule has 1 aromatic carbocycles.